The number of benzene rings is 3. The largest absolute Gasteiger partial charge is 0.311 e. The molecule has 0 saturated carbocycles. The number of rotatable bonds is 4. The van der Waals surface area contributed by atoms with Crippen LogP contribution >= 0.6 is 0 Å². The van der Waals surface area contributed by atoms with Gasteiger partial charge < -0.3 is 4.90 Å². The summed E-state index contributed by atoms with van der Waals surface area (Å²) in [5.74, 6) is 0. The summed E-state index contributed by atoms with van der Waals surface area (Å²) in [7, 11) is 0. The van der Waals surface area contributed by atoms with Gasteiger partial charge in [-0.15, -0.1) is 0 Å². The molecule has 3 aromatic rings. The maximum absolute atomic E-state index is 11.1. The van der Waals surface area contributed by atoms with E-state index in [1.807, 2.05) is 72.8 Å². The standard InChI is InChI=1S/C19H15NO/c21-15-16-11-13-19(14-12-16)20(17-7-3-1-4-8-17)18-9-5-2-6-10-18/h1-15H/i15D. The van der Waals surface area contributed by atoms with Crippen molar-refractivity contribution < 1.29 is 6.17 Å². The van der Waals surface area contributed by atoms with Crippen LogP contribution in [-0.2, 0) is 0 Å². The van der Waals surface area contributed by atoms with Gasteiger partial charge in [0.05, 0.1) is 0 Å². The lowest BCUT2D eigenvalue weighted by Crippen LogP contribution is -2.09. The van der Waals surface area contributed by atoms with Crippen molar-refractivity contribution in [1.29, 1.82) is 0 Å². The van der Waals surface area contributed by atoms with Gasteiger partial charge in [-0.05, 0) is 48.5 Å². The molecule has 0 bridgehead atoms. The van der Waals surface area contributed by atoms with Gasteiger partial charge in [-0.25, -0.2) is 0 Å². The molecule has 2 nitrogen and oxygen atoms in total. The summed E-state index contributed by atoms with van der Waals surface area (Å²) in [6.45, 7) is 0. The molecular formula is C19H15NO. The van der Waals surface area contributed by atoms with Crippen LogP contribution in [0.3, 0.4) is 0 Å². The Bertz CT molecular complexity index is 715. The number of aldehydes is 1. The molecule has 0 heterocycles. The topological polar surface area (TPSA) is 20.3 Å². The van der Waals surface area contributed by atoms with Crippen LogP contribution < -0.4 is 4.90 Å². The van der Waals surface area contributed by atoms with Crippen LogP contribution in [0.4, 0.5) is 17.1 Å². The zero-order chi connectivity index (χ0) is 15.4. The first-order chi connectivity index (χ1) is 10.8. The van der Waals surface area contributed by atoms with E-state index in [0.29, 0.717) is 5.56 Å². The Morgan fingerprint density at radius 3 is 1.52 bits per heavy atom. The Kier molecular flexibility index (Phi) is 3.44. The predicted molar refractivity (Wildman–Crippen MR) is 86.5 cm³/mol. The second kappa shape index (κ2) is 6.06. The first-order valence-corrected chi connectivity index (χ1v) is 6.77. The number of carbonyl (C=O) groups is 1. The predicted octanol–water partition coefficient (Wildman–Crippen LogP) is 4.97. The third-order valence-corrected chi connectivity index (χ3v) is 3.27. The molecule has 0 spiro atoms. The number of para-hydroxylation sites is 2. The van der Waals surface area contributed by atoms with E-state index in [0.717, 1.165) is 17.1 Å². The molecule has 102 valence electrons. The Morgan fingerprint density at radius 2 is 1.10 bits per heavy atom. The molecule has 0 fully saturated rings. The highest BCUT2D eigenvalue weighted by Crippen LogP contribution is 2.33. The molecule has 3 aromatic carbocycles. The molecule has 0 aromatic heterocycles. The summed E-state index contributed by atoms with van der Waals surface area (Å²) in [6, 6.07) is 27.2. The Balaban J connectivity index is 2.08. The smallest absolute Gasteiger partial charge is 0.150 e. The van der Waals surface area contributed by atoms with E-state index >= 15 is 0 Å². The SMILES string of the molecule is [2H]C(=O)c1ccc(N(c2ccccc2)c2ccccc2)cc1. The summed E-state index contributed by atoms with van der Waals surface area (Å²) in [6.07, 6.45) is -0.669. The highest BCUT2D eigenvalue weighted by Gasteiger charge is 2.11. The summed E-state index contributed by atoms with van der Waals surface area (Å²) in [4.78, 5) is 13.2. The monoisotopic (exact) mass is 274 g/mol. The molecule has 0 saturated heterocycles. The minimum absolute atomic E-state index is 0.393. The third kappa shape index (κ3) is 2.84. The van der Waals surface area contributed by atoms with Gasteiger partial charge in [-0.3, -0.25) is 4.79 Å². The fourth-order valence-corrected chi connectivity index (χ4v) is 2.28. The first-order valence-electron chi connectivity index (χ1n) is 7.27. The summed E-state index contributed by atoms with van der Waals surface area (Å²) in [5, 5.41) is 0. The minimum Gasteiger partial charge on any atom is -0.311 e. The molecule has 21 heavy (non-hydrogen) atoms. The van der Waals surface area contributed by atoms with Gasteiger partial charge in [0, 0.05) is 22.6 Å². The fourth-order valence-electron chi connectivity index (χ4n) is 2.28. The molecule has 0 aliphatic rings. The van der Waals surface area contributed by atoms with Crippen molar-refractivity contribution in [1.82, 2.24) is 0 Å². The van der Waals surface area contributed by atoms with Gasteiger partial charge in [-0.2, -0.15) is 0 Å². The minimum atomic E-state index is -0.669. The van der Waals surface area contributed by atoms with Crippen molar-refractivity contribution in [3.05, 3.63) is 90.5 Å². The second-order valence-corrected chi connectivity index (χ2v) is 4.66. The average Bonchev–Trinajstić information content (AvgIpc) is 2.57. The van der Waals surface area contributed by atoms with Crippen molar-refractivity contribution in [2.45, 2.75) is 0 Å². The molecule has 2 heteroatoms. The van der Waals surface area contributed by atoms with E-state index in [1.165, 1.54) is 0 Å². The zero-order valence-corrected chi connectivity index (χ0v) is 11.4. The molecule has 0 atom stereocenters. The summed E-state index contributed by atoms with van der Waals surface area (Å²) < 4.78 is 7.17. The number of anilines is 3. The van der Waals surface area contributed by atoms with Crippen molar-refractivity contribution in [2.75, 3.05) is 4.90 Å². The molecule has 0 amide bonds. The number of nitrogens with zero attached hydrogens (tertiary/aromatic N) is 1. The van der Waals surface area contributed by atoms with Crippen molar-refractivity contribution >= 4 is 23.3 Å². The lowest BCUT2D eigenvalue weighted by molar-refractivity contribution is 0.112. The van der Waals surface area contributed by atoms with Crippen LogP contribution in [0.25, 0.3) is 0 Å². The highest BCUT2D eigenvalue weighted by atomic mass is 16.1. The fraction of sp³-hybridized carbons (Fsp3) is 0. The normalized spacial score (nSPS) is 10.8. The number of hydrogen-bond donors (Lipinski definition) is 0. The maximum Gasteiger partial charge on any atom is 0.150 e. The van der Waals surface area contributed by atoms with Crippen LogP contribution in [0, 0.1) is 0 Å². The molecule has 3 rings (SSSR count). The third-order valence-electron chi connectivity index (χ3n) is 3.27. The summed E-state index contributed by atoms with van der Waals surface area (Å²) in [5.41, 5.74) is 3.42. The van der Waals surface area contributed by atoms with E-state index in [4.69, 9.17) is 1.37 Å². The molecule has 0 unspecified atom stereocenters. The second-order valence-electron chi connectivity index (χ2n) is 4.66. The van der Waals surface area contributed by atoms with Crippen molar-refractivity contribution in [2.24, 2.45) is 0 Å². The Morgan fingerprint density at radius 1 is 0.667 bits per heavy atom. The molecular weight excluding hydrogens is 258 g/mol. The lowest BCUT2D eigenvalue weighted by Gasteiger charge is -2.25. The van der Waals surface area contributed by atoms with Crippen LogP contribution in [-0.4, -0.2) is 6.26 Å². The zero-order valence-electron chi connectivity index (χ0n) is 12.4. The molecule has 0 N–H and O–H groups in total. The average molecular weight is 274 g/mol. The van der Waals surface area contributed by atoms with Gasteiger partial charge >= 0.3 is 0 Å². The first kappa shape index (κ1) is 11.9. The van der Waals surface area contributed by atoms with Crippen LogP contribution in [0.2, 0.25) is 0 Å². The van der Waals surface area contributed by atoms with E-state index in [2.05, 4.69) is 4.90 Å². The van der Waals surface area contributed by atoms with E-state index in [1.54, 1.807) is 12.1 Å². The van der Waals surface area contributed by atoms with Gasteiger partial charge in [0.2, 0.25) is 0 Å². The molecule has 0 aliphatic heterocycles. The van der Waals surface area contributed by atoms with Gasteiger partial charge in [0.25, 0.3) is 0 Å². The van der Waals surface area contributed by atoms with Gasteiger partial charge in [0.15, 0.2) is 0 Å². The van der Waals surface area contributed by atoms with Gasteiger partial charge in [0.1, 0.15) is 7.63 Å². The van der Waals surface area contributed by atoms with Gasteiger partial charge in [-0.1, -0.05) is 36.4 Å². The van der Waals surface area contributed by atoms with E-state index < -0.39 is 6.26 Å². The molecule has 0 aliphatic carbocycles. The van der Waals surface area contributed by atoms with Crippen molar-refractivity contribution in [3.63, 3.8) is 0 Å². The Labute approximate surface area is 125 Å². The van der Waals surface area contributed by atoms with E-state index in [9.17, 15) is 4.79 Å². The van der Waals surface area contributed by atoms with E-state index in [-0.39, 0.29) is 0 Å². The quantitative estimate of drug-likeness (QED) is 0.626. The molecule has 0 radical (unpaired) electrons. The highest BCUT2D eigenvalue weighted by molar-refractivity contribution is 5.80. The van der Waals surface area contributed by atoms with Crippen molar-refractivity contribution in [3.8, 4) is 0 Å². The van der Waals surface area contributed by atoms with Crippen LogP contribution in [0.1, 0.15) is 11.7 Å². The maximum atomic E-state index is 11.1. The lowest BCUT2D eigenvalue weighted by atomic mass is 10.1. The summed E-state index contributed by atoms with van der Waals surface area (Å²) >= 11 is 0. The van der Waals surface area contributed by atoms with Crippen LogP contribution in [0.15, 0.2) is 84.9 Å². The number of hydrogen-bond acceptors (Lipinski definition) is 2. The number of carbonyl (C=O) groups excluding carboxylic acids is 1. The Hall–Kier alpha value is -2.87. The van der Waals surface area contributed by atoms with Crippen LogP contribution in [0.5, 0.6) is 0 Å².